The van der Waals surface area contributed by atoms with E-state index in [0.717, 1.165) is 12.3 Å². The molecule has 0 radical (unpaired) electrons. The molecule has 0 saturated carbocycles. The molecule has 0 spiro atoms. The average molecular weight is 239 g/mol. The van der Waals surface area contributed by atoms with Crippen LogP contribution in [0, 0.1) is 11.6 Å². The van der Waals surface area contributed by atoms with Gasteiger partial charge in [-0.3, -0.25) is 4.79 Å². The van der Waals surface area contributed by atoms with Crippen molar-refractivity contribution in [3.63, 3.8) is 0 Å². The summed E-state index contributed by atoms with van der Waals surface area (Å²) in [6, 6.07) is 1.52. The van der Waals surface area contributed by atoms with E-state index in [0.29, 0.717) is 6.07 Å². The van der Waals surface area contributed by atoms with E-state index in [9.17, 15) is 13.6 Å². The number of nitrogens with zero attached hydrogens (tertiary/aromatic N) is 2. The van der Waals surface area contributed by atoms with E-state index in [1.54, 1.807) is 0 Å². The zero-order valence-corrected chi connectivity index (χ0v) is 8.37. The second-order valence-electron chi connectivity index (χ2n) is 3.16. The summed E-state index contributed by atoms with van der Waals surface area (Å²) < 4.78 is 26.1. The first kappa shape index (κ1) is 11.0. The number of aromatic amines is 1. The number of carbonyl (C=O) groups is 1. The van der Waals surface area contributed by atoms with Gasteiger partial charge in [0.2, 0.25) is 0 Å². The summed E-state index contributed by atoms with van der Waals surface area (Å²) in [6.07, 6.45) is 1.16. The predicted molar refractivity (Wildman–Crippen MR) is 55.1 cm³/mol. The van der Waals surface area contributed by atoms with Crippen LogP contribution in [0.2, 0.25) is 0 Å². The van der Waals surface area contributed by atoms with Crippen LogP contribution in [0.3, 0.4) is 0 Å². The van der Waals surface area contributed by atoms with Gasteiger partial charge in [-0.15, -0.1) is 0 Å². The number of nitrogens with two attached hydrogens (primary N) is 1. The van der Waals surface area contributed by atoms with E-state index >= 15 is 0 Å². The van der Waals surface area contributed by atoms with Crippen LogP contribution in [0.15, 0.2) is 18.3 Å². The minimum absolute atomic E-state index is 0.0341. The molecule has 0 atom stereocenters. The first-order valence-electron chi connectivity index (χ1n) is 4.49. The molecule has 1 heterocycles. The minimum Gasteiger partial charge on any atom is -0.397 e. The molecule has 0 aliphatic carbocycles. The molecule has 1 aromatic heterocycles. The molecular weight excluding hydrogens is 232 g/mol. The van der Waals surface area contributed by atoms with Crippen LogP contribution >= 0.6 is 0 Å². The maximum atomic E-state index is 13.3. The van der Waals surface area contributed by atoms with Gasteiger partial charge in [0, 0.05) is 6.07 Å². The second kappa shape index (κ2) is 4.16. The molecule has 0 fully saturated rings. The van der Waals surface area contributed by atoms with Gasteiger partial charge in [-0.25, -0.2) is 8.78 Å². The number of hydrogen-bond donors (Lipinski definition) is 3. The quantitative estimate of drug-likeness (QED) is 0.679. The highest BCUT2D eigenvalue weighted by Gasteiger charge is 2.15. The average Bonchev–Trinajstić information content (AvgIpc) is 2.76. The first-order valence-corrected chi connectivity index (χ1v) is 4.49. The van der Waals surface area contributed by atoms with Crippen LogP contribution in [0.4, 0.5) is 20.2 Å². The summed E-state index contributed by atoms with van der Waals surface area (Å²) in [6.45, 7) is 0. The highest BCUT2D eigenvalue weighted by atomic mass is 19.1. The van der Waals surface area contributed by atoms with E-state index in [4.69, 9.17) is 5.73 Å². The zero-order chi connectivity index (χ0) is 12.4. The third kappa shape index (κ3) is 2.19. The van der Waals surface area contributed by atoms with Crippen molar-refractivity contribution in [2.24, 2.45) is 0 Å². The highest BCUT2D eigenvalue weighted by Crippen LogP contribution is 2.24. The maximum absolute atomic E-state index is 13.3. The van der Waals surface area contributed by atoms with E-state index in [1.165, 1.54) is 0 Å². The minimum atomic E-state index is -0.959. The SMILES string of the molecule is Nc1cc(F)cc(F)c1NC(=O)c1cn[nH]n1. The van der Waals surface area contributed by atoms with Crippen molar-refractivity contribution >= 4 is 17.3 Å². The largest absolute Gasteiger partial charge is 0.397 e. The van der Waals surface area contributed by atoms with Gasteiger partial charge in [0.05, 0.1) is 11.9 Å². The number of anilines is 2. The molecule has 0 aliphatic rings. The molecular formula is C9H7F2N5O. The third-order valence-corrected chi connectivity index (χ3v) is 1.97. The summed E-state index contributed by atoms with van der Waals surface area (Å²) in [5.74, 6) is -2.48. The normalized spacial score (nSPS) is 10.2. The van der Waals surface area contributed by atoms with Gasteiger partial charge < -0.3 is 11.1 Å². The maximum Gasteiger partial charge on any atom is 0.277 e. The number of H-pyrrole nitrogens is 1. The number of nitrogen functional groups attached to an aromatic ring is 1. The smallest absolute Gasteiger partial charge is 0.277 e. The molecule has 2 rings (SSSR count). The lowest BCUT2D eigenvalue weighted by atomic mass is 10.2. The Kier molecular flexibility index (Phi) is 2.69. The molecule has 8 heteroatoms. The fourth-order valence-electron chi connectivity index (χ4n) is 1.21. The molecule has 2 aromatic rings. The van der Waals surface area contributed by atoms with Crippen molar-refractivity contribution in [2.45, 2.75) is 0 Å². The molecule has 88 valence electrons. The van der Waals surface area contributed by atoms with Crippen molar-refractivity contribution in [3.8, 4) is 0 Å². The van der Waals surface area contributed by atoms with Crippen LogP contribution in [0.1, 0.15) is 10.5 Å². The van der Waals surface area contributed by atoms with Crippen LogP contribution in [-0.4, -0.2) is 21.3 Å². The summed E-state index contributed by atoms with van der Waals surface area (Å²) >= 11 is 0. The van der Waals surface area contributed by atoms with Gasteiger partial charge >= 0.3 is 0 Å². The number of aromatic nitrogens is 3. The van der Waals surface area contributed by atoms with E-state index in [-0.39, 0.29) is 17.1 Å². The fourth-order valence-corrected chi connectivity index (χ4v) is 1.21. The van der Waals surface area contributed by atoms with Crippen LogP contribution in [0.5, 0.6) is 0 Å². The highest BCUT2D eigenvalue weighted by molar-refractivity contribution is 6.04. The van der Waals surface area contributed by atoms with Crippen LogP contribution < -0.4 is 11.1 Å². The van der Waals surface area contributed by atoms with E-state index < -0.39 is 17.5 Å². The monoisotopic (exact) mass is 239 g/mol. The van der Waals surface area contributed by atoms with Crippen molar-refractivity contribution in [3.05, 3.63) is 35.7 Å². The van der Waals surface area contributed by atoms with Crippen molar-refractivity contribution in [1.29, 1.82) is 0 Å². The van der Waals surface area contributed by atoms with Gasteiger partial charge in [0.15, 0.2) is 11.5 Å². The standard InChI is InChI=1S/C9H7F2N5O/c10-4-1-5(11)8(6(12)2-4)14-9(17)7-3-13-16-15-7/h1-3H,12H2,(H,14,17)(H,13,15,16). The second-order valence-corrected chi connectivity index (χ2v) is 3.16. The first-order chi connectivity index (χ1) is 8.08. The van der Waals surface area contributed by atoms with Crippen LogP contribution in [0.25, 0.3) is 0 Å². The lowest BCUT2D eigenvalue weighted by molar-refractivity contribution is 0.102. The Morgan fingerprint density at radius 2 is 2.18 bits per heavy atom. The van der Waals surface area contributed by atoms with Gasteiger partial charge in [-0.05, 0) is 6.07 Å². The molecule has 6 nitrogen and oxygen atoms in total. The zero-order valence-electron chi connectivity index (χ0n) is 8.37. The topological polar surface area (TPSA) is 96.7 Å². The lowest BCUT2D eigenvalue weighted by Gasteiger charge is -2.07. The van der Waals surface area contributed by atoms with Gasteiger partial charge in [0.25, 0.3) is 5.91 Å². The van der Waals surface area contributed by atoms with E-state index in [2.05, 4.69) is 20.7 Å². The van der Waals surface area contributed by atoms with Crippen molar-refractivity contribution < 1.29 is 13.6 Å². The molecule has 1 aromatic carbocycles. The Morgan fingerprint density at radius 3 is 2.76 bits per heavy atom. The van der Waals surface area contributed by atoms with Gasteiger partial charge in [-0.2, -0.15) is 15.4 Å². The molecule has 0 unspecified atom stereocenters. The Balaban J connectivity index is 2.28. The predicted octanol–water partition coefficient (Wildman–Crippen LogP) is 0.917. The summed E-state index contributed by atoms with van der Waals surface area (Å²) in [7, 11) is 0. The Morgan fingerprint density at radius 1 is 1.41 bits per heavy atom. The van der Waals surface area contributed by atoms with Gasteiger partial charge in [-0.1, -0.05) is 0 Å². The number of carbonyl (C=O) groups excluding carboxylic acids is 1. The third-order valence-electron chi connectivity index (χ3n) is 1.97. The number of rotatable bonds is 2. The number of nitrogens with one attached hydrogen (secondary N) is 2. The number of benzene rings is 1. The summed E-state index contributed by atoms with van der Waals surface area (Å²) in [4.78, 5) is 11.5. The number of halogens is 2. The molecule has 0 saturated heterocycles. The molecule has 0 bridgehead atoms. The van der Waals surface area contributed by atoms with Crippen molar-refractivity contribution in [1.82, 2.24) is 15.4 Å². The molecule has 0 aliphatic heterocycles. The molecule has 4 N–H and O–H groups in total. The van der Waals surface area contributed by atoms with Crippen molar-refractivity contribution in [2.75, 3.05) is 11.1 Å². The molecule has 17 heavy (non-hydrogen) atoms. The van der Waals surface area contributed by atoms with Crippen LogP contribution in [-0.2, 0) is 0 Å². The Labute approximate surface area is 93.8 Å². The number of amides is 1. The summed E-state index contributed by atoms with van der Waals surface area (Å²) in [5.41, 5.74) is 4.85. The Hall–Kier alpha value is -2.51. The van der Waals surface area contributed by atoms with Gasteiger partial charge in [0.1, 0.15) is 11.5 Å². The molecule has 1 amide bonds. The van der Waals surface area contributed by atoms with E-state index in [1.807, 2.05) is 0 Å². The summed E-state index contributed by atoms with van der Waals surface area (Å²) in [5, 5.41) is 11.3. The number of hydrogen-bond acceptors (Lipinski definition) is 4. The Bertz CT molecular complexity index is 532. The lowest BCUT2D eigenvalue weighted by Crippen LogP contribution is -2.15. The fraction of sp³-hybridized carbons (Fsp3) is 0.